The van der Waals surface area contributed by atoms with E-state index in [0.717, 1.165) is 17.3 Å². The lowest BCUT2D eigenvalue weighted by atomic mass is 9.85. The third-order valence-electron chi connectivity index (χ3n) is 7.65. The third kappa shape index (κ3) is 5.47. The van der Waals surface area contributed by atoms with Gasteiger partial charge in [-0.1, -0.05) is 48.5 Å². The van der Waals surface area contributed by atoms with E-state index < -0.39 is 23.2 Å². The number of urea groups is 1. The Balaban J connectivity index is 1.29. The number of likely N-dealkylation sites (tertiary alicyclic amines) is 1. The normalized spacial score (nSPS) is 16.4. The molecule has 10 heteroatoms. The van der Waals surface area contributed by atoms with Crippen molar-refractivity contribution in [1.29, 1.82) is 0 Å². The Morgan fingerprint density at radius 2 is 1.60 bits per heavy atom. The largest absolute Gasteiger partial charge is 0.340 e. The van der Waals surface area contributed by atoms with Crippen molar-refractivity contribution in [3.63, 3.8) is 0 Å². The molecule has 0 saturated carbocycles. The van der Waals surface area contributed by atoms with Crippen molar-refractivity contribution in [2.75, 3.05) is 43.6 Å². The van der Waals surface area contributed by atoms with E-state index in [-0.39, 0.29) is 43.8 Å². The van der Waals surface area contributed by atoms with Crippen LogP contribution in [0, 0.1) is 11.6 Å². The first-order chi connectivity index (χ1) is 19.3. The number of nitrogens with zero attached hydrogens (tertiary/aromatic N) is 4. The molecular weight excluding hydrogens is 516 g/mol. The minimum atomic E-state index is -0.919. The minimum absolute atomic E-state index is 0.0543. The van der Waals surface area contributed by atoms with Crippen LogP contribution >= 0.6 is 0 Å². The fraction of sp³-hybridized carbons (Fsp3) is 0.300. The summed E-state index contributed by atoms with van der Waals surface area (Å²) >= 11 is 0. The molecule has 2 fully saturated rings. The minimum Gasteiger partial charge on any atom is -0.340 e. The van der Waals surface area contributed by atoms with Crippen molar-refractivity contribution >= 4 is 29.2 Å². The second kappa shape index (κ2) is 11.3. The quantitative estimate of drug-likeness (QED) is 0.500. The molecule has 2 heterocycles. The Hall–Kier alpha value is -4.47. The van der Waals surface area contributed by atoms with Crippen LogP contribution in [0.5, 0.6) is 0 Å². The fourth-order valence-electron chi connectivity index (χ4n) is 5.42. The number of para-hydroxylation sites is 1. The lowest BCUT2D eigenvalue weighted by Crippen LogP contribution is -2.58. The van der Waals surface area contributed by atoms with Crippen LogP contribution in [-0.4, -0.2) is 71.4 Å². The average molecular weight is 548 g/mol. The predicted molar refractivity (Wildman–Crippen MR) is 147 cm³/mol. The van der Waals surface area contributed by atoms with Gasteiger partial charge in [0, 0.05) is 38.4 Å². The molecule has 0 bridgehead atoms. The number of hydrogen-bond donors (Lipinski definition) is 1. The molecule has 0 aliphatic carbocycles. The number of hydrogen-bond acceptors (Lipinski definition) is 4. The van der Waals surface area contributed by atoms with Gasteiger partial charge in [-0.05, 0) is 42.7 Å². The summed E-state index contributed by atoms with van der Waals surface area (Å²) in [7, 11) is 1.72. The molecule has 2 aliphatic rings. The maximum absolute atomic E-state index is 14.1. The summed E-state index contributed by atoms with van der Waals surface area (Å²) in [5.41, 5.74) is 0.825. The Morgan fingerprint density at radius 3 is 2.25 bits per heavy atom. The van der Waals surface area contributed by atoms with Crippen molar-refractivity contribution in [2.24, 2.45) is 0 Å². The van der Waals surface area contributed by atoms with Crippen LogP contribution in [0.15, 0.2) is 78.9 Å². The Labute approximate surface area is 231 Å². The average Bonchev–Trinajstić information content (AvgIpc) is 3.22. The maximum atomic E-state index is 14.1. The lowest BCUT2D eigenvalue weighted by molar-refractivity contribution is -0.140. The van der Waals surface area contributed by atoms with Crippen LogP contribution in [-0.2, 0) is 16.1 Å². The molecule has 2 aliphatic heterocycles. The van der Waals surface area contributed by atoms with Crippen molar-refractivity contribution in [2.45, 2.75) is 24.9 Å². The number of piperidine rings is 1. The number of rotatable bonds is 6. The highest BCUT2D eigenvalue weighted by Crippen LogP contribution is 2.39. The summed E-state index contributed by atoms with van der Waals surface area (Å²) < 4.78 is 27.3. The molecule has 1 spiro atoms. The van der Waals surface area contributed by atoms with E-state index in [4.69, 9.17) is 0 Å². The molecule has 0 atom stereocenters. The zero-order valence-electron chi connectivity index (χ0n) is 22.2. The van der Waals surface area contributed by atoms with Crippen molar-refractivity contribution in [3.05, 3.63) is 96.1 Å². The number of halogens is 2. The van der Waals surface area contributed by atoms with E-state index in [9.17, 15) is 23.2 Å². The summed E-state index contributed by atoms with van der Waals surface area (Å²) in [5, 5.41) is 2.49. The van der Waals surface area contributed by atoms with Gasteiger partial charge >= 0.3 is 6.03 Å². The van der Waals surface area contributed by atoms with Gasteiger partial charge in [-0.15, -0.1) is 0 Å². The number of likely N-dealkylation sites (N-methyl/N-ethyl adjacent to an activating group) is 1. The first-order valence-electron chi connectivity index (χ1n) is 13.2. The number of benzene rings is 3. The lowest BCUT2D eigenvalue weighted by Gasteiger charge is -2.43. The standard InChI is InChI=1S/C30H31F2N5O3/c1-34(19-22-8-4-2-5-9-22)27(38)20-36-21-37(24-10-6-3-7-11-24)30(28(36)39)14-16-35(17-15-30)29(40)33-26-13-12-23(31)18-25(26)32/h2-13,18H,14-17,19-21H2,1H3,(H,33,40). The first-order valence-corrected chi connectivity index (χ1v) is 13.2. The highest BCUT2D eigenvalue weighted by molar-refractivity contribution is 5.97. The van der Waals surface area contributed by atoms with Gasteiger partial charge < -0.3 is 24.9 Å². The van der Waals surface area contributed by atoms with E-state index >= 15 is 0 Å². The molecule has 4 amide bonds. The summed E-state index contributed by atoms with van der Waals surface area (Å²) in [6, 6.07) is 21.6. The van der Waals surface area contributed by atoms with Crippen molar-refractivity contribution < 1.29 is 23.2 Å². The molecule has 1 N–H and O–H groups in total. The second-order valence-corrected chi connectivity index (χ2v) is 10.2. The summed E-state index contributed by atoms with van der Waals surface area (Å²) in [6.07, 6.45) is 0.676. The van der Waals surface area contributed by atoms with Crippen LogP contribution in [0.4, 0.5) is 25.0 Å². The molecule has 0 unspecified atom stereocenters. The van der Waals surface area contributed by atoms with E-state index in [0.29, 0.717) is 25.5 Å². The SMILES string of the molecule is CN(Cc1ccccc1)C(=O)CN1CN(c2ccccc2)C2(CCN(C(=O)Nc3ccc(F)cc3F)CC2)C1=O. The molecule has 40 heavy (non-hydrogen) atoms. The number of nitrogens with one attached hydrogen (secondary N) is 1. The molecule has 2 saturated heterocycles. The van der Waals surface area contributed by atoms with E-state index in [1.54, 1.807) is 16.8 Å². The molecular formula is C30H31F2N5O3. The zero-order chi connectivity index (χ0) is 28.3. The molecule has 0 aromatic heterocycles. The Morgan fingerprint density at radius 1 is 0.950 bits per heavy atom. The molecule has 208 valence electrons. The van der Waals surface area contributed by atoms with E-state index in [1.165, 1.54) is 11.0 Å². The third-order valence-corrected chi connectivity index (χ3v) is 7.65. The van der Waals surface area contributed by atoms with Crippen LogP contribution < -0.4 is 10.2 Å². The van der Waals surface area contributed by atoms with Gasteiger partial charge in [0.1, 0.15) is 23.7 Å². The monoisotopic (exact) mass is 547 g/mol. The van der Waals surface area contributed by atoms with Crippen molar-refractivity contribution in [1.82, 2.24) is 14.7 Å². The summed E-state index contributed by atoms with van der Waals surface area (Å²) in [4.78, 5) is 46.7. The van der Waals surface area contributed by atoms with E-state index in [2.05, 4.69) is 5.32 Å². The first kappa shape index (κ1) is 27.1. The number of carbonyl (C=O) groups excluding carboxylic acids is 3. The van der Waals surface area contributed by atoms with Gasteiger partial charge in [0.05, 0.1) is 12.4 Å². The Bertz CT molecular complexity index is 1380. The van der Waals surface area contributed by atoms with E-state index in [1.807, 2.05) is 65.6 Å². The van der Waals surface area contributed by atoms with Crippen molar-refractivity contribution in [3.8, 4) is 0 Å². The van der Waals surface area contributed by atoms with Gasteiger partial charge in [-0.25, -0.2) is 13.6 Å². The topological polar surface area (TPSA) is 76.2 Å². The Kier molecular flexibility index (Phi) is 7.68. The predicted octanol–water partition coefficient (Wildman–Crippen LogP) is 4.30. The molecule has 8 nitrogen and oxygen atoms in total. The molecule has 0 radical (unpaired) electrons. The molecule has 5 rings (SSSR count). The smallest absolute Gasteiger partial charge is 0.321 e. The van der Waals surface area contributed by atoms with Gasteiger partial charge in [0.25, 0.3) is 5.91 Å². The highest BCUT2D eigenvalue weighted by Gasteiger charge is 2.54. The summed E-state index contributed by atoms with van der Waals surface area (Å²) in [5.74, 6) is -1.91. The fourth-order valence-corrected chi connectivity index (χ4v) is 5.42. The summed E-state index contributed by atoms with van der Waals surface area (Å²) in [6.45, 7) is 1.13. The van der Waals surface area contributed by atoms with Gasteiger partial charge in [-0.2, -0.15) is 0 Å². The van der Waals surface area contributed by atoms with Gasteiger partial charge in [0.15, 0.2) is 0 Å². The van der Waals surface area contributed by atoms with Crippen LogP contribution in [0.2, 0.25) is 0 Å². The van der Waals surface area contributed by atoms with Gasteiger partial charge in [-0.3, -0.25) is 9.59 Å². The molecule has 3 aromatic rings. The molecule has 3 aromatic carbocycles. The number of carbonyl (C=O) groups is 3. The second-order valence-electron chi connectivity index (χ2n) is 10.2. The van der Waals surface area contributed by atoms with Crippen LogP contribution in [0.3, 0.4) is 0 Å². The number of anilines is 2. The van der Waals surface area contributed by atoms with Crippen LogP contribution in [0.1, 0.15) is 18.4 Å². The van der Waals surface area contributed by atoms with Gasteiger partial charge in [0.2, 0.25) is 5.91 Å². The number of amides is 4. The maximum Gasteiger partial charge on any atom is 0.321 e. The zero-order valence-corrected chi connectivity index (χ0v) is 22.2. The highest BCUT2D eigenvalue weighted by atomic mass is 19.1. The van der Waals surface area contributed by atoms with Crippen LogP contribution in [0.25, 0.3) is 0 Å².